The number of nitrogens with zero attached hydrogens (tertiary/aromatic N) is 1. The number of guanidine groups is 1. The van der Waals surface area contributed by atoms with E-state index < -0.39 is 0 Å². The Morgan fingerprint density at radius 1 is 1.12 bits per heavy atom. The van der Waals surface area contributed by atoms with Gasteiger partial charge in [-0.3, -0.25) is 9.79 Å². The Balaban J connectivity index is 1.91. The molecule has 0 aliphatic rings. The lowest BCUT2D eigenvalue weighted by Gasteiger charge is -2.20. The van der Waals surface area contributed by atoms with Crippen molar-refractivity contribution in [3.05, 3.63) is 57.8 Å². The van der Waals surface area contributed by atoms with E-state index in [4.69, 9.17) is 0 Å². The first-order chi connectivity index (χ1) is 11.9. The fourth-order valence-electron chi connectivity index (χ4n) is 2.22. The molecule has 6 heteroatoms. The first-order valence-electron chi connectivity index (χ1n) is 8.24. The van der Waals surface area contributed by atoms with Crippen LogP contribution in [0.1, 0.15) is 42.3 Å². The molecule has 134 valence electrons. The van der Waals surface area contributed by atoms with Gasteiger partial charge in [-0.1, -0.05) is 12.1 Å². The number of carbonyl (C=O) groups excluding carboxylic acids is 1. The van der Waals surface area contributed by atoms with Crippen LogP contribution >= 0.6 is 11.3 Å². The summed E-state index contributed by atoms with van der Waals surface area (Å²) in [5.41, 5.74) is 2.67. The van der Waals surface area contributed by atoms with Gasteiger partial charge >= 0.3 is 0 Å². The van der Waals surface area contributed by atoms with Gasteiger partial charge in [0.15, 0.2) is 5.96 Å². The van der Waals surface area contributed by atoms with Crippen LogP contribution in [0.4, 0.5) is 0 Å². The highest BCUT2D eigenvalue weighted by atomic mass is 32.1. The quantitative estimate of drug-likeness (QED) is 0.568. The monoisotopic (exact) mass is 358 g/mol. The molecule has 25 heavy (non-hydrogen) atoms. The number of hydrogen-bond donors (Lipinski definition) is 3. The van der Waals surface area contributed by atoms with E-state index in [0.717, 1.165) is 18.1 Å². The molecule has 1 heterocycles. The van der Waals surface area contributed by atoms with Crippen molar-refractivity contribution in [3.8, 4) is 0 Å². The third kappa shape index (κ3) is 6.58. The smallest absolute Gasteiger partial charge is 0.251 e. The summed E-state index contributed by atoms with van der Waals surface area (Å²) in [4.78, 5) is 16.5. The summed E-state index contributed by atoms with van der Waals surface area (Å²) in [6.45, 7) is 7.25. The molecular formula is C19H26N4OS. The highest BCUT2D eigenvalue weighted by Crippen LogP contribution is 2.08. The summed E-state index contributed by atoms with van der Waals surface area (Å²) < 4.78 is 0. The normalized spacial score (nSPS) is 11.9. The van der Waals surface area contributed by atoms with Crippen molar-refractivity contribution in [1.82, 2.24) is 16.0 Å². The second-order valence-electron chi connectivity index (χ2n) is 6.82. The van der Waals surface area contributed by atoms with Crippen molar-refractivity contribution in [1.29, 1.82) is 0 Å². The SMILES string of the molecule is CN=C(NCc1ccsc1)NCc1cccc(C(=O)NC(C)(C)C)c1. The molecule has 1 aromatic heterocycles. The molecule has 0 fully saturated rings. The molecular weight excluding hydrogens is 332 g/mol. The number of nitrogens with one attached hydrogen (secondary N) is 3. The minimum absolute atomic E-state index is 0.0608. The van der Waals surface area contributed by atoms with Gasteiger partial charge in [0.1, 0.15) is 0 Å². The first-order valence-corrected chi connectivity index (χ1v) is 9.19. The molecule has 0 saturated heterocycles. The molecule has 3 N–H and O–H groups in total. The Labute approximate surface area is 153 Å². The lowest BCUT2D eigenvalue weighted by atomic mass is 10.1. The Bertz CT molecular complexity index is 717. The third-order valence-corrected chi connectivity index (χ3v) is 4.13. The van der Waals surface area contributed by atoms with Gasteiger partial charge in [0.05, 0.1) is 0 Å². The number of hydrogen-bond acceptors (Lipinski definition) is 3. The molecule has 2 rings (SSSR count). The van der Waals surface area contributed by atoms with E-state index in [-0.39, 0.29) is 11.4 Å². The minimum atomic E-state index is -0.251. The van der Waals surface area contributed by atoms with Crippen LogP contribution in [0.5, 0.6) is 0 Å². The van der Waals surface area contributed by atoms with Crippen molar-refractivity contribution in [2.75, 3.05) is 7.05 Å². The fraction of sp³-hybridized carbons (Fsp3) is 0.368. The van der Waals surface area contributed by atoms with E-state index in [0.29, 0.717) is 12.1 Å². The topological polar surface area (TPSA) is 65.5 Å². The van der Waals surface area contributed by atoms with Gasteiger partial charge in [0, 0.05) is 31.2 Å². The van der Waals surface area contributed by atoms with Crippen LogP contribution in [-0.2, 0) is 13.1 Å². The zero-order valence-electron chi connectivity index (χ0n) is 15.2. The summed E-state index contributed by atoms with van der Waals surface area (Å²) in [5.74, 6) is 0.671. The average molecular weight is 359 g/mol. The third-order valence-electron chi connectivity index (χ3n) is 3.40. The zero-order valence-corrected chi connectivity index (χ0v) is 16.0. The predicted molar refractivity (Wildman–Crippen MR) is 105 cm³/mol. The van der Waals surface area contributed by atoms with Crippen LogP contribution < -0.4 is 16.0 Å². The molecule has 0 radical (unpaired) electrons. The van der Waals surface area contributed by atoms with Crippen LogP contribution in [0.25, 0.3) is 0 Å². The summed E-state index contributed by atoms with van der Waals surface area (Å²) in [6.07, 6.45) is 0. The second-order valence-corrected chi connectivity index (χ2v) is 7.60. The Kier molecular flexibility index (Phi) is 6.58. The average Bonchev–Trinajstić information content (AvgIpc) is 3.07. The van der Waals surface area contributed by atoms with Crippen molar-refractivity contribution in [2.45, 2.75) is 39.4 Å². The van der Waals surface area contributed by atoms with E-state index >= 15 is 0 Å². The standard InChI is InChI=1S/C19H26N4OS/c1-19(2,3)23-17(24)16-7-5-6-14(10-16)11-21-18(20-4)22-12-15-8-9-25-13-15/h5-10,13H,11-12H2,1-4H3,(H,23,24)(H2,20,21,22). The van der Waals surface area contributed by atoms with Crippen LogP contribution in [0.2, 0.25) is 0 Å². The van der Waals surface area contributed by atoms with Crippen molar-refractivity contribution < 1.29 is 4.79 Å². The molecule has 0 aliphatic heterocycles. The fourth-order valence-corrected chi connectivity index (χ4v) is 2.89. The zero-order chi connectivity index (χ0) is 18.3. The van der Waals surface area contributed by atoms with Gasteiger partial charge in [0.2, 0.25) is 0 Å². The van der Waals surface area contributed by atoms with Gasteiger partial charge in [-0.15, -0.1) is 0 Å². The lowest BCUT2D eigenvalue weighted by Crippen LogP contribution is -2.40. The highest BCUT2D eigenvalue weighted by Gasteiger charge is 2.15. The molecule has 0 aliphatic carbocycles. The van der Waals surface area contributed by atoms with Gasteiger partial charge in [-0.05, 0) is 60.9 Å². The van der Waals surface area contributed by atoms with Gasteiger partial charge in [0.25, 0.3) is 5.91 Å². The minimum Gasteiger partial charge on any atom is -0.352 e. The molecule has 0 bridgehead atoms. The maximum Gasteiger partial charge on any atom is 0.251 e. The van der Waals surface area contributed by atoms with E-state index in [2.05, 4.69) is 37.8 Å². The summed E-state index contributed by atoms with van der Waals surface area (Å²) in [7, 11) is 1.75. The molecule has 0 unspecified atom stereocenters. The van der Waals surface area contributed by atoms with Crippen molar-refractivity contribution in [3.63, 3.8) is 0 Å². The summed E-state index contributed by atoms with van der Waals surface area (Å²) in [5, 5.41) is 13.7. The maximum absolute atomic E-state index is 12.3. The summed E-state index contributed by atoms with van der Waals surface area (Å²) in [6, 6.07) is 9.71. The number of amides is 1. The number of aliphatic imine (C=N–C) groups is 1. The van der Waals surface area contributed by atoms with E-state index in [9.17, 15) is 4.79 Å². The number of benzene rings is 1. The Morgan fingerprint density at radius 2 is 1.84 bits per heavy atom. The maximum atomic E-state index is 12.3. The Morgan fingerprint density at radius 3 is 2.44 bits per heavy atom. The van der Waals surface area contributed by atoms with Gasteiger partial charge in [-0.2, -0.15) is 11.3 Å². The molecule has 1 aromatic carbocycles. The van der Waals surface area contributed by atoms with E-state index in [1.54, 1.807) is 18.4 Å². The van der Waals surface area contributed by atoms with Crippen LogP contribution in [0.3, 0.4) is 0 Å². The number of carbonyl (C=O) groups is 1. The van der Waals surface area contributed by atoms with Crippen LogP contribution in [-0.4, -0.2) is 24.5 Å². The predicted octanol–water partition coefficient (Wildman–Crippen LogP) is 3.14. The summed E-state index contributed by atoms with van der Waals surface area (Å²) >= 11 is 1.68. The molecule has 2 aromatic rings. The first kappa shape index (κ1) is 19.0. The van der Waals surface area contributed by atoms with Crippen molar-refractivity contribution in [2.24, 2.45) is 4.99 Å². The molecule has 0 spiro atoms. The van der Waals surface area contributed by atoms with Crippen molar-refractivity contribution >= 4 is 23.2 Å². The largest absolute Gasteiger partial charge is 0.352 e. The number of thiophene rings is 1. The highest BCUT2D eigenvalue weighted by molar-refractivity contribution is 7.07. The van der Waals surface area contributed by atoms with E-state index in [1.807, 2.05) is 45.0 Å². The second kappa shape index (κ2) is 8.67. The van der Waals surface area contributed by atoms with Crippen LogP contribution in [0, 0.1) is 0 Å². The van der Waals surface area contributed by atoms with Crippen LogP contribution in [0.15, 0.2) is 46.1 Å². The molecule has 5 nitrogen and oxygen atoms in total. The van der Waals surface area contributed by atoms with Gasteiger partial charge in [-0.25, -0.2) is 0 Å². The molecule has 1 amide bonds. The lowest BCUT2D eigenvalue weighted by molar-refractivity contribution is 0.0919. The molecule has 0 atom stereocenters. The molecule has 0 saturated carbocycles. The van der Waals surface area contributed by atoms with Gasteiger partial charge < -0.3 is 16.0 Å². The van der Waals surface area contributed by atoms with E-state index in [1.165, 1.54) is 5.56 Å². The number of rotatable bonds is 5. The Hall–Kier alpha value is -2.34.